The number of hydrogen-bond acceptors (Lipinski definition) is 6. The normalized spacial score (nSPS) is 18.3. The fourth-order valence-corrected chi connectivity index (χ4v) is 4.66. The third-order valence-electron chi connectivity index (χ3n) is 6.81. The highest BCUT2D eigenvalue weighted by molar-refractivity contribution is 6.03. The van der Waals surface area contributed by atoms with Crippen molar-refractivity contribution >= 4 is 24.1 Å². The minimum atomic E-state index is -0.151. The van der Waals surface area contributed by atoms with E-state index < -0.39 is 0 Å². The zero-order valence-corrected chi connectivity index (χ0v) is 21.8. The Balaban J connectivity index is 0.00000320. The lowest BCUT2D eigenvalue weighted by Crippen LogP contribution is -2.49. The first-order valence-electron chi connectivity index (χ1n) is 12.6. The molecule has 1 atom stereocenters. The Morgan fingerprint density at radius 3 is 2.51 bits per heavy atom. The first-order chi connectivity index (χ1) is 17.7. The maximum Gasteiger partial charge on any atom is 0.256 e. The molecule has 0 spiro atoms. The van der Waals surface area contributed by atoms with Crippen molar-refractivity contribution in [3.05, 3.63) is 108 Å². The van der Waals surface area contributed by atoms with Crippen LogP contribution in [-0.2, 0) is 15.9 Å². The Hall–Kier alpha value is -3.55. The lowest BCUT2D eigenvalue weighted by Gasteiger charge is -2.39. The second-order valence-corrected chi connectivity index (χ2v) is 9.27. The van der Waals surface area contributed by atoms with Gasteiger partial charge in [0.25, 0.3) is 5.91 Å². The number of piperazine rings is 1. The van der Waals surface area contributed by atoms with Gasteiger partial charge in [-0.3, -0.25) is 9.69 Å². The smallest absolute Gasteiger partial charge is 0.256 e. The lowest BCUT2D eigenvalue weighted by molar-refractivity contribution is 0.0688. The van der Waals surface area contributed by atoms with E-state index in [2.05, 4.69) is 45.3 Å². The summed E-state index contributed by atoms with van der Waals surface area (Å²) in [7, 11) is 0. The van der Waals surface area contributed by atoms with Crippen LogP contribution in [0.1, 0.15) is 35.7 Å². The summed E-state index contributed by atoms with van der Waals surface area (Å²) in [5.74, 6) is 1.98. The van der Waals surface area contributed by atoms with Gasteiger partial charge in [-0.2, -0.15) is 0 Å². The van der Waals surface area contributed by atoms with E-state index in [1.54, 1.807) is 24.8 Å². The Morgan fingerprint density at radius 1 is 1.05 bits per heavy atom. The molecule has 7 nitrogen and oxygen atoms in total. The summed E-state index contributed by atoms with van der Waals surface area (Å²) in [4.78, 5) is 21.3. The largest absolute Gasteiger partial charge is 0.456 e. The Bertz CT molecular complexity index is 1180. The first-order valence-corrected chi connectivity index (χ1v) is 12.6. The molecule has 0 radical (unpaired) electrons. The van der Waals surface area contributed by atoms with Crippen molar-refractivity contribution in [1.82, 2.24) is 14.8 Å². The van der Waals surface area contributed by atoms with Crippen molar-refractivity contribution in [2.24, 2.45) is 0 Å². The highest BCUT2D eigenvalue weighted by Gasteiger charge is 2.25. The van der Waals surface area contributed by atoms with E-state index in [1.165, 1.54) is 11.1 Å². The topological polar surface area (TPSA) is 66.9 Å². The summed E-state index contributed by atoms with van der Waals surface area (Å²) >= 11 is 0. The molecular formula is C29H33ClN4O3. The third-order valence-corrected chi connectivity index (χ3v) is 6.81. The molecule has 1 amide bonds. The summed E-state index contributed by atoms with van der Waals surface area (Å²) in [6, 6.07) is 13.7. The first kappa shape index (κ1) is 26.5. The lowest BCUT2D eigenvalue weighted by atomic mass is 10.0. The van der Waals surface area contributed by atoms with Gasteiger partial charge in [0.05, 0.1) is 0 Å². The highest BCUT2D eigenvalue weighted by Crippen LogP contribution is 2.26. The predicted molar refractivity (Wildman–Crippen MR) is 147 cm³/mol. The van der Waals surface area contributed by atoms with Gasteiger partial charge in [-0.05, 0) is 61.6 Å². The van der Waals surface area contributed by atoms with E-state index in [1.807, 2.05) is 36.4 Å². The number of benzene rings is 1. The maximum atomic E-state index is 12.5. The van der Waals surface area contributed by atoms with Gasteiger partial charge in [0.2, 0.25) is 5.88 Å². The number of anilines is 1. The van der Waals surface area contributed by atoms with Gasteiger partial charge in [-0.1, -0.05) is 36.4 Å². The SMILES string of the molecule is C[C@H](Cc1ccc(C(=O)Nc2ccccn2)cc1)N1CCN(C2=COC(C3=CC=CCC3)=CO2)CC1.Cl. The zero-order valence-electron chi connectivity index (χ0n) is 21.0. The number of rotatable bonds is 7. The number of allylic oxidation sites excluding steroid dienone is 4. The van der Waals surface area contributed by atoms with Crippen LogP contribution in [0, 0.1) is 0 Å². The molecule has 1 N–H and O–H groups in total. The monoisotopic (exact) mass is 520 g/mol. The van der Waals surface area contributed by atoms with Crippen LogP contribution in [0.3, 0.4) is 0 Å². The molecule has 1 saturated heterocycles. The van der Waals surface area contributed by atoms with Crippen molar-refractivity contribution < 1.29 is 14.3 Å². The number of aromatic nitrogens is 1. The summed E-state index contributed by atoms with van der Waals surface area (Å²) in [5, 5.41) is 2.82. The van der Waals surface area contributed by atoms with Crippen LogP contribution in [0.4, 0.5) is 5.82 Å². The van der Waals surface area contributed by atoms with Crippen molar-refractivity contribution in [2.45, 2.75) is 32.2 Å². The molecule has 2 aliphatic heterocycles. The summed E-state index contributed by atoms with van der Waals surface area (Å²) in [5.41, 5.74) is 3.02. The van der Waals surface area contributed by atoms with Crippen molar-refractivity contribution in [2.75, 3.05) is 31.5 Å². The number of ether oxygens (including phenoxy) is 2. The van der Waals surface area contributed by atoms with Crippen LogP contribution in [0.25, 0.3) is 0 Å². The molecule has 0 unspecified atom stereocenters. The van der Waals surface area contributed by atoms with Crippen LogP contribution < -0.4 is 5.32 Å². The fraction of sp³-hybridized carbons (Fsp3) is 0.310. The molecule has 2 aromatic rings. The second-order valence-electron chi connectivity index (χ2n) is 9.27. The van der Waals surface area contributed by atoms with E-state index in [0.717, 1.165) is 57.1 Å². The molecule has 194 valence electrons. The molecule has 1 aliphatic carbocycles. The maximum absolute atomic E-state index is 12.5. The van der Waals surface area contributed by atoms with E-state index in [9.17, 15) is 4.79 Å². The van der Waals surface area contributed by atoms with E-state index in [-0.39, 0.29) is 18.3 Å². The molecule has 3 heterocycles. The molecular weight excluding hydrogens is 488 g/mol. The molecule has 0 saturated carbocycles. The van der Waals surface area contributed by atoms with Crippen molar-refractivity contribution in [3.63, 3.8) is 0 Å². The number of halogens is 1. The molecule has 3 aliphatic rings. The molecule has 0 bridgehead atoms. The average molecular weight is 521 g/mol. The van der Waals surface area contributed by atoms with Gasteiger partial charge < -0.3 is 19.7 Å². The average Bonchev–Trinajstić information content (AvgIpc) is 2.94. The van der Waals surface area contributed by atoms with E-state index in [0.29, 0.717) is 17.4 Å². The molecule has 1 aromatic heterocycles. The Kier molecular flexibility index (Phi) is 9.04. The van der Waals surface area contributed by atoms with Gasteiger partial charge in [0.15, 0.2) is 12.0 Å². The second kappa shape index (κ2) is 12.6. The van der Waals surface area contributed by atoms with Crippen molar-refractivity contribution in [3.8, 4) is 0 Å². The molecule has 1 aromatic carbocycles. The van der Waals surface area contributed by atoms with E-state index >= 15 is 0 Å². The van der Waals surface area contributed by atoms with Gasteiger partial charge in [0.1, 0.15) is 12.1 Å². The number of carbonyl (C=O) groups is 1. The number of carbonyl (C=O) groups excluding carboxylic acids is 1. The number of hydrogen-bond donors (Lipinski definition) is 1. The van der Waals surface area contributed by atoms with Gasteiger partial charge in [-0.25, -0.2) is 4.98 Å². The van der Waals surface area contributed by atoms with Crippen LogP contribution >= 0.6 is 12.4 Å². The number of nitrogens with one attached hydrogen (secondary N) is 1. The minimum absolute atomic E-state index is 0. The Labute approximate surface area is 224 Å². The van der Waals surface area contributed by atoms with Crippen molar-refractivity contribution in [1.29, 1.82) is 0 Å². The quantitative estimate of drug-likeness (QED) is 0.536. The van der Waals surface area contributed by atoms with Gasteiger partial charge in [-0.15, -0.1) is 12.4 Å². The molecule has 1 fully saturated rings. The van der Waals surface area contributed by atoms with E-state index in [4.69, 9.17) is 9.47 Å². The van der Waals surface area contributed by atoms with Crippen LogP contribution in [-0.4, -0.2) is 52.9 Å². The Morgan fingerprint density at radius 2 is 1.86 bits per heavy atom. The third kappa shape index (κ3) is 6.81. The van der Waals surface area contributed by atoms with Crippen LogP contribution in [0.15, 0.2) is 96.6 Å². The highest BCUT2D eigenvalue weighted by atomic mass is 35.5. The van der Waals surface area contributed by atoms with Gasteiger partial charge in [0, 0.05) is 44.0 Å². The standard InChI is InChI=1S/C29H32N4O3.ClH/c1-22(19-23-10-12-25(13-11-23)29(34)31-27-9-5-6-14-30-27)32-15-17-33(18-16-32)28-21-35-26(20-36-28)24-7-3-2-4-8-24;/h2-3,5-7,9-14,20-22H,4,8,15-19H2,1H3,(H,30,31,34);1H/t22-;/m1./s1. The number of nitrogens with zero attached hydrogens (tertiary/aromatic N) is 3. The fourth-order valence-electron chi connectivity index (χ4n) is 4.66. The summed E-state index contributed by atoms with van der Waals surface area (Å²) in [6.07, 6.45) is 14.4. The zero-order chi connectivity index (χ0) is 24.7. The summed E-state index contributed by atoms with van der Waals surface area (Å²) in [6.45, 7) is 5.96. The summed E-state index contributed by atoms with van der Waals surface area (Å²) < 4.78 is 11.8. The van der Waals surface area contributed by atoms with Crippen LogP contribution in [0.5, 0.6) is 0 Å². The number of pyridine rings is 1. The number of amides is 1. The molecule has 5 rings (SSSR count). The minimum Gasteiger partial charge on any atom is -0.456 e. The van der Waals surface area contributed by atoms with Gasteiger partial charge >= 0.3 is 0 Å². The molecule has 37 heavy (non-hydrogen) atoms. The van der Waals surface area contributed by atoms with Crippen LogP contribution in [0.2, 0.25) is 0 Å². The molecule has 8 heteroatoms. The predicted octanol–water partition coefficient (Wildman–Crippen LogP) is 5.27.